The van der Waals surface area contributed by atoms with E-state index in [2.05, 4.69) is 4.74 Å². The Morgan fingerprint density at radius 2 is 1.25 bits per heavy atom. The maximum Gasteiger partial charge on any atom is 3.00 e. The molecule has 0 rings (SSSR count). The molecule has 0 atom stereocenters. The summed E-state index contributed by atoms with van der Waals surface area (Å²) >= 11 is 0. The SMILES string of the molecule is CCOC.[Al+3].[F-].[F-].[F-]. The fourth-order valence-corrected chi connectivity index (χ4v) is 0. The summed E-state index contributed by atoms with van der Waals surface area (Å²) in [5.74, 6) is 0. The van der Waals surface area contributed by atoms with Gasteiger partial charge in [-0.05, 0) is 6.92 Å². The predicted octanol–water partition coefficient (Wildman–Crippen LogP) is -8.72. The molecule has 0 amide bonds. The zero-order valence-corrected chi connectivity index (χ0v) is 5.98. The van der Waals surface area contributed by atoms with Crippen LogP contribution in [0.1, 0.15) is 6.92 Å². The first-order valence-corrected chi connectivity index (χ1v) is 1.40. The number of methoxy groups -OCH3 is 1. The Morgan fingerprint density at radius 3 is 1.25 bits per heavy atom. The molecular formula is C3H8AlF3O. The third-order valence-electron chi connectivity index (χ3n) is 0.289. The van der Waals surface area contributed by atoms with Gasteiger partial charge in [-0.1, -0.05) is 0 Å². The van der Waals surface area contributed by atoms with Crippen molar-refractivity contribution in [2.24, 2.45) is 0 Å². The normalized spacial score (nSPS) is 3.75. The topological polar surface area (TPSA) is 9.23 Å². The molecule has 0 aromatic carbocycles. The molecule has 0 unspecified atom stereocenters. The Kier molecular flexibility index (Phi) is 281. The van der Waals surface area contributed by atoms with Gasteiger partial charge in [0.2, 0.25) is 0 Å². The average Bonchev–Trinajstić information content (AvgIpc) is 1.37. The molecule has 0 aliphatic carbocycles. The van der Waals surface area contributed by atoms with Gasteiger partial charge < -0.3 is 18.9 Å². The smallest absolute Gasteiger partial charge is 1.00 e. The molecule has 0 aliphatic rings. The summed E-state index contributed by atoms with van der Waals surface area (Å²) in [5.41, 5.74) is 0. The molecule has 50 valence electrons. The number of ether oxygens (including phenoxy) is 1. The van der Waals surface area contributed by atoms with Crippen molar-refractivity contribution in [1.82, 2.24) is 0 Å². The number of hydrogen-bond donors (Lipinski definition) is 0. The van der Waals surface area contributed by atoms with Gasteiger partial charge in [-0.25, -0.2) is 0 Å². The maximum atomic E-state index is 4.54. The van der Waals surface area contributed by atoms with E-state index >= 15 is 0 Å². The molecule has 0 fully saturated rings. The van der Waals surface area contributed by atoms with E-state index in [1.807, 2.05) is 6.92 Å². The van der Waals surface area contributed by atoms with Crippen molar-refractivity contribution in [3.8, 4) is 0 Å². The Bertz CT molecular complexity index is 16.5. The summed E-state index contributed by atoms with van der Waals surface area (Å²) in [6, 6.07) is 0. The summed E-state index contributed by atoms with van der Waals surface area (Å²) < 4.78 is 4.54. The van der Waals surface area contributed by atoms with Crippen molar-refractivity contribution in [3.63, 3.8) is 0 Å². The van der Waals surface area contributed by atoms with Gasteiger partial charge in [-0.15, -0.1) is 0 Å². The van der Waals surface area contributed by atoms with Crippen LogP contribution in [0.4, 0.5) is 0 Å². The number of halogens is 3. The van der Waals surface area contributed by atoms with Crippen molar-refractivity contribution in [2.75, 3.05) is 13.7 Å². The molecular weight excluding hydrogens is 136 g/mol. The van der Waals surface area contributed by atoms with Crippen molar-refractivity contribution in [1.29, 1.82) is 0 Å². The number of rotatable bonds is 1. The van der Waals surface area contributed by atoms with Crippen LogP contribution in [-0.4, -0.2) is 31.1 Å². The summed E-state index contributed by atoms with van der Waals surface area (Å²) in [5, 5.41) is 0. The second-order valence-electron chi connectivity index (χ2n) is 0.577. The van der Waals surface area contributed by atoms with Crippen molar-refractivity contribution >= 4 is 17.4 Å². The van der Waals surface area contributed by atoms with Gasteiger partial charge in [0.1, 0.15) is 0 Å². The van der Waals surface area contributed by atoms with Gasteiger partial charge in [-0.3, -0.25) is 0 Å². The molecule has 0 saturated carbocycles. The van der Waals surface area contributed by atoms with E-state index in [9.17, 15) is 0 Å². The third-order valence-corrected chi connectivity index (χ3v) is 0.289. The summed E-state index contributed by atoms with van der Waals surface area (Å²) in [7, 11) is 1.68. The molecule has 0 aromatic rings. The molecule has 0 saturated heterocycles. The Labute approximate surface area is 57.6 Å². The van der Waals surface area contributed by atoms with Gasteiger partial charge in [-0.2, -0.15) is 0 Å². The van der Waals surface area contributed by atoms with E-state index in [0.29, 0.717) is 0 Å². The van der Waals surface area contributed by atoms with Gasteiger partial charge in [0.25, 0.3) is 0 Å². The molecule has 5 heteroatoms. The van der Waals surface area contributed by atoms with E-state index in [1.165, 1.54) is 0 Å². The monoisotopic (exact) mass is 144 g/mol. The second-order valence-corrected chi connectivity index (χ2v) is 0.577. The van der Waals surface area contributed by atoms with Crippen LogP contribution < -0.4 is 14.1 Å². The molecule has 0 heterocycles. The summed E-state index contributed by atoms with van der Waals surface area (Å²) in [6.07, 6.45) is 0. The Morgan fingerprint density at radius 1 is 1.12 bits per heavy atom. The first-order chi connectivity index (χ1) is 1.91. The van der Waals surface area contributed by atoms with Crippen LogP contribution in [-0.2, 0) is 4.74 Å². The molecule has 0 spiro atoms. The summed E-state index contributed by atoms with van der Waals surface area (Å²) in [6.45, 7) is 2.78. The molecule has 1 nitrogen and oxygen atoms in total. The van der Waals surface area contributed by atoms with E-state index < -0.39 is 0 Å². The molecule has 0 aromatic heterocycles. The minimum Gasteiger partial charge on any atom is -1.00 e. The second kappa shape index (κ2) is 55.2. The molecule has 0 radical (unpaired) electrons. The van der Waals surface area contributed by atoms with Crippen molar-refractivity contribution in [2.45, 2.75) is 6.92 Å². The van der Waals surface area contributed by atoms with Gasteiger partial charge in [0, 0.05) is 13.7 Å². The van der Waals surface area contributed by atoms with E-state index in [4.69, 9.17) is 0 Å². The van der Waals surface area contributed by atoms with Crippen LogP contribution in [0.5, 0.6) is 0 Å². The van der Waals surface area contributed by atoms with Gasteiger partial charge in [0.15, 0.2) is 0 Å². The minimum absolute atomic E-state index is 0. The minimum atomic E-state index is 0. The van der Waals surface area contributed by atoms with Crippen molar-refractivity contribution in [3.05, 3.63) is 0 Å². The maximum absolute atomic E-state index is 4.54. The molecule has 0 aliphatic heterocycles. The van der Waals surface area contributed by atoms with Gasteiger partial charge in [0.05, 0.1) is 0 Å². The fraction of sp³-hybridized carbons (Fsp3) is 1.00. The van der Waals surface area contributed by atoms with E-state index in [-0.39, 0.29) is 31.5 Å². The zero-order chi connectivity index (χ0) is 3.41. The van der Waals surface area contributed by atoms with Crippen molar-refractivity contribution < 1.29 is 18.9 Å². The molecule has 0 N–H and O–H groups in total. The molecule has 0 bridgehead atoms. The first-order valence-electron chi connectivity index (χ1n) is 1.40. The Hall–Kier alpha value is 0.282. The van der Waals surface area contributed by atoms with E-state index in [0.717, 1.165) is 6.61 Å². The largest absolute Gasteiger partial charge is 3.00 e. The predicted molar refractivity (Wildman–Crippen MR) is 23.3 cm³/mol. The first kappa shape index (κ1) is 40.8. The quantitative estimate of drug-likeness (QED) is 0.332. The third kappa shape index (κ3) is 107. The van der Waals surface area contributed by atoms with Crippen LogP contribution in [0.3, 0.4) is 0 Å². The van der Waals surface area contributed by atoms with Crippen LogP contribution >= 0.6 is 0 Å². The summed E-state index contributed by atoms with van der Waals surface area (Å²) in [4.78, 5) is 0. The van der Waals surface area contributed by atoms with Crippen LogP contribution in [0.15, 0.2) is 0 Å². The van der Waals surface area contributed by atoms with Crippen LogP contribution in [0.25, 0.3) is 0 Å². The fourth-order valence-electron chi connectivity index (χ4n) is 0. The van der Waals surface area contributed by atoms with E-state index in [1.54, 1.807) is 7.11 Å². The average molecular weight is 144 g/mol. The van der Waals surface area contributed by atoms with Crippen LogP contribution in [0.2, 0.25) is 0 Å². The molecule has 8 heavy (non-hydrogen) atoms. The van der Waals surface area contributed by atoms with Gasteiger partial charge >= 0.3 is 17.4 Å². The zero-order valence-electron chi connectivity index (χ0n) is 4.83. The Balaban J connectivity index is -0.00000000750. The standard InChI is InChI=1S/C3H8O.Al.3FH/c1-3-4-2;;;;/h3H2,1-2H3;;3*1H/q;+3;;;/p-3. The number of hydrogen-bond acceptors (Lipinski definition) is 1. The van der Waals surface area contributed by atoms with Crippen LogP contribution in [0, 0.1) is 0 Å².